The van der Waals surface area contributed by atoms with Gasteiger partial charge >= 0.3 is 0 Å². The number of benzene rings is 2. The molecule has 5 rings (SSSR count). The molecule has 0 saturated carbocycles. The van der Waals surface area contributed by atoms with Crippen molar-refractivity contribution in [3.05, 3.63) is 94.8 Å². The van der Waals surface area contributed by atoms with Crippen molar-refractivity contribution in [1.82, 2.24) is 24.5 Å². The highest BCUT2D eigenvalue weighted by Crippen LogP contribution is 2.30. The summed E-state index contributed by atoms with van der Waals surface area (Å²) in [6, 6.07) is 9.88. The number of aromatic nitrogens is 5. The van der Waals surface area contributed by atoms with Crippen LogP contribution in [-0.2, 0) is 17.9 Å². The Kier molecular flexibility index (Phi) is 6.39. The molecule has 7 nitrogen and oxygen atoms in total. The van der Waals surface area contributed by atoms with Gasteiger partial charge in [-0.05, 0) is 31.0 Å². The fourth-order valence-electron chi connectivity index (χ4n) is 4.17. The fraction of sp³-hybridized carbons (Fsp3) is 0.154. The summed E-state index contributed by atoms with van der Waals surface area (Å²) < 4.78 is 70.6. The third-order valence-electron chi connectivity index (χ3n) is 6.00. The number of halogens is 5. The quantitative estimate of drug-likeness (QED) is 0.185. The lowest BCUT2D eigenvalue weighted by Gasteiger charge is -2.08. The van der Waals surface area contributed by atoms with Gasteiger partial charge in [0.05, 0.1) is 29.7 Å². The van der Waals surface area contributed by atoms with Gasteiger partial charge in [-0.25, -0.2) is 31.6 Å². The SMILES string of the molecule is Cc1ccc(-c2ccnc3c2c(C)nn3CC(=O)Nc2cnn(Cc3c(F)c(F)c(F)c(F)c3F)c2)cc1. The van der Waals surface area contributed by atoms with E-state index in [1.165, 1.54) is 17.1 Å². The molecule has 1 amide bonds. The van der Waals surface area contributed by atoms with Gasteiger partial charge in [-0.15, -0.1) is 0 Å². The molecule has 0 radical (unpaired) electrons. The van der Waals surface area contributed by atoms with Crippen molar-refractivity contribution >= 4 is 22.6 Å². The molecule has 5 aromatic rings. The molecule has 2 aromatic carbocycles. The highest BCUT2D eigenvalue weighted by Gasteiger charge is 2.26. The van der Waals surface area contributed by atoms with Gasteiger partial charge < -0.3 is 5.32 Å². The summed E-state index contributed by atoms with van der Waals surface area (Å²) in [6.45, 7) is 2.88. The number of fused-ring (bicyclic) bond motifs is 1. The van der Waals surface area contributed by atoms with E-state index < -0.39 is 47.1 Å². The number of carbonyl (C=O) groups is 1. The van der Waals surface area contributed by atoms with Gasteiger partial charge in [0.15, 0.2) is 28.9 Å². The van der Waals surface area contributed by atoms with Crippen LogP contribution in [0.3, 0.4) is 0 Å². The first kappa shape index (κ1) is 25.1. The standard InChI is InChI=1S/C26H19F5N6O/c1-13-3-5-15(6-4-13)17-7-8-32-26-20(17)14(2)35-37(26)12-19(38)34-16-9-33-36(10-16)11-18-21(27)23(29)25(31)24(30)22(18)28/h3-10H,11-12H2,1-2H3,(H,34,38). The minimum Gasteiger partial charge on any atom is -0.322 e. The number of nitrogens with zero attached hydrogens (tertiary/aromatic N) is 5. The summed E-state index contributed by atoms with van der Waals surface area (Å²) in [6.07, 6.45) is 4.02. The van der Waals surface area contributed by atoms with E-state index in [2.05, 4.69) is 20.5 Å². The molecule has 194 valence electrons. The molecule has 0 spiro atoms. The molecule has 0 aliphatic carbocycles. The van der Waals surface area contributed by atoms with Crippen molar-refractivity contribution in [3.63, 3.8) is 0 Å². The van der Waals surface area contributed by atoms with E-state index in [9.17, 15) is 26.7 Å². The molecule has 12 heteroatoms. The Balaban J connectivity index is 1.34. The lowest BCUT2D eigenvalue weighted by atomic mass is 10.0. The van der Waals surface area contributed by atoms with Crippen molar-refractivity contribution in [2.45, 2.75) is 26.9 Å². The van der Waals surface area contributed by atoms with Gasteiger partial charge in [0.1, 0.15) is 6.54 Å². The predicted molar refractivity (Wildman–Crippen MR) is 129 cm³/mol. The minimum atomic E-state index is -2.24. The molecule has 0 bridgehead atoms. The highest BCUT2D eigenvalue weighted by atomic mass is 19.2. The van der Waals surface area contributed by atoms with Crippen LogP contribution in [-0.4, -0.2) is 30.5 Å². The van der Waals surface area contributed by atoms with Gasteiger partial charge in [-0.2, -0.15) is 10.2 Å². The van der Waals surface area contributed by atoms with Crippen molar-refractivity contribution < 1.29 is 26.7 Å². The van der Waals surface area contributed by atoms with Crippen molar-refractivity contribution in [2.24, 2.45) is 0 Å². The summed E-state index contributed by atoms with van der Waals surface area (Å²) >= 11 is 0. The number of pyridine rings is 1. The molecule has 3 heterocycles. The summed E-state index contributed by atoms with van der Waals surface area (Å²) in [5.41, 5.74) is 3.34. The summed E-state index contributed by atoms with van der Waals surface area (Å²) in [4.78, 5) is 17.1. The summed E-state index contributed by atoms with van der Waals surface area (Å²) in [5.74, 6) is -10.7. The van der Waals surface area contributed by atoms with E-state index in [1.807, 2.05) is 44.2 Å². The van der Waals surface area contributed by atoms with Crippen LogP contribution in [0.5, 0.6) is 0 Å². The Hall–Kier alpha value is -4.61. The Morgan fingerprint density at radius 2 is 1.58 bits per heavy atom. The lowest BCUT2D eigenvalue weighted by Crippen LogP contribution is -2.19. The molecular formula is C26H19F5N6O. The maximum absolute atomic E-state index is 14.0. The minimum absolute atomic E-state index is 0.153. The van der Waals surface area contributed by atoms with Crippen LogP contribution in [0.25, 0.3) is 22.2 Å². The van der Waals surface area contributed by atoms with E-state index in [0.717, 1.165) is 26.8 Å². The third-order valence-corrected chi connectivity index (χ3v) is 6.00. The Morgan fingerprint density at radius 1 is 0.921 bits per heavy atom. The maximum atomic E-state index is 14.0. The molecule has 0 unspecified atom stereocenters. The van der Waals surface area contributed by atoms with E-state index in [-0.39, 0.29) is 12.2 Å². The molecule has 3 aromatic heterocycles. The van der Waals surface area contributed by atoms with Crippen LogP contribution in [0.15, 0.2) is 48.9 Å². The molecule has 38 heavy (non-hydrogen) atoms. The number of carbonyl (C=O) groups excluding carboxylic acids is 1. The van der Waals surface area contributed by atoms with Gasteiger partial charge in [-0.3, -0.25) is 9.48 Å². The number of hydrogen-bond donors (Lipinski definition) is 1. The Bertz CT molecular complexity index is 1660. The van der Waals surface area contributed by atoms with Crippen molar-refractivity contribution in [2.75, 3.05) is 5.32 Å². The zero-order chi connectivity index (χ0) is 27.1. The number of hydrogen-bond acceptors (Lipinski definition) is 4. The average molecular weight is 526 g/mol. The fourth-order valence-corrected chi connectivity index (χ4v) is 4.17. The van der Waals surface area contributed by atoms with E-state index in [0.29, 0.717) is 11.3 Å². The second-order valence-corrected chi connectivity index (χ2v) is 8.69. The number of amides is 1. The lowest BCUT2D eigenvalue weighted by molar-refractivity contribution is -0.116. The van der Waals surface area contributed by atoms with E-state index >= 15 is 0 Å². The topological polar surface area (TPSA) is 77.6 Å². The molecular weight excluding hydrogens is 507 g/mol. The molecule has 0 fully saturated rings. The highest BCUT2D eigenvalue weighted by molar-refractivity contribution is 5.96. The molecule has 0 saturated heterocycles. The second-order valence-electron chi connectivity index (χ2n) is 8.69. The van der Waals surface area contributed by atoms with Crippen LogP contribution >= 0.6 is 0 Å². The first-order valence-electron chi connectivity index (χ1n) is 11.4. The largest absolute Gasteiger partial charge is 0.322 e. The van der Waals surface area contributed by atoms with Crippen LogP contribution in [0.2, 0.25) is 0 Å². The number of nitrogens with one attached hydrogen (secondary N) is 1. The molecule has 1 N–H and O–H groups in total. The maximum Gasteiger partial charge on any atom is 0.246 e. The second kappa shape index (κ2) is 9.69. The number of anilines is 1. The predicted octanol–water partition coefficient (Wildman–Crippen LogP) is 5.29. The monoisotopic (exact) mass is 526 g/mol. The van der Waals surface area contributed by atoms with Crippen LogP contribution < -0.4 is 5.32 Å². The molecule has 0 aliphatic rings. The zero-order valence-electron chi connectivity index (χ0n) is 20.1. The summed E-state index contributed by atoms with van der Waals surface area (Å²) in [5, 5.41) is 11.7. The third kappa shape index (κ3) is 4.49. The summed E-state index contributed by atoms with van der Waals surface area (Å²) in [7, 11) is 0. The van der Waals surface area contributed by atoms with Gasteiger partial charge in [0.2, 0.25) is 11.7 Å². The van der Waals surface area contributed by atoms with Gasteiger partial charge in [0, 0.05) is 17.8 Å². The van der Waals surface area contributed by atoms with E-state index in [1.54, 1.807) is 6.20 Å². The van der Waals surface area contributed by atoms with Crippen LogP contribution in [0.4, 0.5) is 27.6 Å². The smallest absolute Gasteiger partial charge is 0.246 e. The first-order valence-corrected chi connectivity index (χ1v) is 11.4. The van der Waals surface area contributed by atoms with Crippen LogP contribution in [0, 0.1) is 42.9 Å². The number of rotatable bonds is 6. The average Bonchev–Trinajstić information content (AvgIpc) is 3.48. The normalized spacial score (nSPS) is 11.3. The van der Waals surface area contributed by atoms with Crippen LogP contribution in [0.1, 0.15) is 16.8 Å². The van der Waals surface area contributed by atoms with Crippen molar-refractivity contribution in [3.8, 4) is 11.1 Å². The molecule has 0 aliphatic heterocycles. The molecule has 0 atom stereocenters. The number of aryl methyl sites for hydroxylation is 2. The van der Waals surface area contributed by atoms with Crippen molar-refractivity contribution in [1.29, 1.82) is 0 Å². The van der Waals surface area contributed by atoms with Gasteiger partial charge in [0.25, 0.3) is 0 Å². The van der Waals surface area contributed by atoms with Gasteiger partial charge in [-0.1, -0.05) is 29.8 Å². The Labute approximate surface area is 212 Å². The zero-order valence-corrected chi connectivity index (χ0v) is 20.1. The van der Waals surface area contributed by atoms with E-state index in [4.69, 9.17) is 0 Å². The first-order chi connectivity index (χ1) is 18.1. The Morgan fingerprint density at radius 3 is 2.26 bits per heavy atom.